The van der Waals surface area contributed by atoms with E-state index in [2.05, 4.69) is 15.7 Å². The van der Waals surface area contributed by atoms with Gasteiger partial charge < -0.3 is 10.6 Å². The van der Waals surface area contributed by atoms with Crippen LogP contribution in [0.4, 0.5) is 5.69 Å². The number of nitrogens with one attached hydrogen (secondary N) is 2. The van der Waals surface area contributed by atoms with Crippen LogP contribution < -0.4 is 10.6 Å². The molecule has 6 heteroatoms. The van der Waals surface area contributed by atoms with E-state index < -0.39 is 0 Å². The Balaban J connectivity index is 1.91. The molecule has 20 heavy (non-hydrogen) atoms. The number of rotatable bonds is 6. The second kappa shape index (κ2) is 7.07. The molecule has 1 saturated carbocycles. The summed E-state index contributed by atoms with van der Waals surface area (Å²) in [6.45, 7) is 3.05. The summed E-state index contributed by atoms with van der Waals surface area (Å²) < 4.78 is 1.78. The second-order valence-corrected chi connectivity index (χ2v) is 5.26. The zero-order chi connectivity index (χ0) is 14.4. The lowest BCUT2D eigenvalue weighted by atomic mass is 9.88. The predicted octanol–water partition coefficient (Wildman–Crippen LogP) is 1.46. The van der Waals surface area contributed by atoms with Gasteiger partial charge in [0.25, 0.3) is 0 Å². The maximum atomic E-state index is 12.2. The predicted molar refractivity (Wildman–Crippen MR) is 76.2 cm³/mol. The van der Waals surface area contributed by atoms with E-state index in [-0.39, 0.29) is 11.8 Å². The van der Waals surface area contributed by atoms with Crippen molar-refractivity contribution in [3.8, 4) is 0 Å². The van der Waals surface area contributed by atoms with Gasteiger partial charge in [0.2, 0.25) is 12.3 Å². The molecule has 6 nitrogen and oxygen atoms in total. The number of aromatic nitrogens is 2. The Morgan fingerprint density at radius 1 is 1.45 bits per heavy atom. The van der Waals surface area contributed by atoms with Crippen LogP contribution >= 0.6 is 0 Å². The Bertz CT molecular complexity index is 464. The normalized spacial score (nSPS) is 15.8. The molecular weight excluding hydrogens is 256 g/mol. The fraction of sp³-hybridized carbons (Fsp3) is 0.643. The van der Waals surface area contributed by atoms with Gasteiger partial charge >= 0.3 is 0 Å². The minimum absolute atomic E-state index is 0.110. The van der Waals surface area contributed by atoms with Gasteiger partial charge in [0.05, 0.1) is 24.1 Å². The van der Waals surface area contributed by atoms with Crippen LogP contribution in [0.15, 0.2) is 6.20 Å². The molecule has 0 bridgehead atoms. The number of amides is 2. The number of hydrogen-bond acceptors (Lipinski definition) is 3. The van der Waals surface area contributed by atoms with Gasteiger partial charge in [0.1, 0.15) is 0 Å². The largest absolute Gasteiger partial charge is 0.357 e. The minimum Gasteiger partial charge on any atom is -0.357 e. The van der Waals surface area contributed by atoms with Gasteiger partial charge in [-0.3, -0.25) is 14.3 Å². The van der Waals surface area contributed by atoms with Gasteiger partial charge in [-0.15, -0.1) is 0 Å². The molecule has 0 aromatic carbocycles. The third-order valence-electron chi connectivity index (χ3n) is 3.89. The summed E-state index contributed by atoms with van der Waals surface area (Å²) in [6, 6.07) is 0. The molecule has 1 aromatic heterocycles. The van der Waals surface area contributed by atoms with Crippen LogP contribution in [0.5, 0.6) is 0 Å². The van der Waals surface area contributed by atoms with Crippen molar-refractivity contribution in [1.29, 1.82) is 0 Å². The number of anilines is 1. The van der Waals surface area contributed by atoms with E-state index in [1.807, 2.05) is 6.92 Å². The van der Waals surface area contributed by atoms with Gasteiger partial charge in [0.15, 0.2) is 0 Å². The highest BCUT2D eigenvalue weighted by atomic mass is 16.2. The average molecular weight is 278 g/mol. The first kappa shape index (κ1) is 14.6. The highest BCUT2D eigenvalue weighted by molar-refractivity contribution is 5.92. The van der Waals surface area contributed by atoms with Crippen LogP contribution in [0.1, 0.15) is 37.8 Å². The van der Waals surface area contributed by atoms with E-state index in [1.165, 1.54) is 6.42 Å². The summed E-state index contributed by atoms with van der Waals surface area (Å²) in [5.41, 5.74) is 1.69. The summed E-state index contributed by atoms with van der Waals surface area (Å²) in [5, 5.41) is 9.81. The number of carbonyl (C=O) groups is 2. The molecular formula is C14H22N4O2. The molecule has 2 N–H and O–H groups in total. The van der Waals surface area contributed by atoms with Crippen LogP contribution in [0.2, 0.25) is 0 Å². The summed E-state index contributed by atoms with van der Waals surface area (Å²) in [5.74, 6) is 0.251. The lowest BCUT2D eigenvalue weighted by Gasteiger charge is -2.20. The number of nitrogens with zero attached hydrogens (tertiary/aromatic N) is 2. The summed E-state index contributed by atoms with van der Waals surface area (Å²) in [4.78, 5) is 22.4. The van der Waals surface area contributed by atoms with E-state index >= 15 is 0 Å². The van der Waals surface area contributed by atoms with Gasteiger partial charge in [-0.25, -0.2) is 0 Å². The molecule has 1 aliphatic carbocycles. The molecule has 0 spiro atoms. The molecule has 0 saturated heterocycles. The van der Waals surface area contributed by atoms with Crippen molar-refractivity contribution in [1.82, 2.24) is 15.1 Å². The fourth-order valence-corrected chi connectivity index (χ4v) is 2.62. The average Bonchev–Trinajstić information content (AvgIpc) is 2.81. The first-order chi connectivity index (χ1) is 9.72. The molecule has 0 unspecified atom stereocenters. The SMILES string of the molecule is Cc1c(NC(=O)C2CCCCC2)cnn1CCNC=O. The highest BCUT2D eigenvalue weighted by Gasteiger charge is 2.22. The second-order valence-electron chi connectivity index (χ2n) is 5.26. The Hall–Kier alpha value is -1.85. The molecule has 0 atom stereocenters. The van der Waals surface area contributed by atoms with Crippen LogP contribution in [0.25, 0.3) is 0 Å². The quantitative estimate of drug-likeness (QED) is 0.611. The monoisotopic (exact) mass is 278 g/mol. The van der Waals surface area contributed by atoms with Crippen molar-refractivity contribution < 1.29 is 9.59 Å². The molecule has 1 heterocycles. The Morgan fingerprint density at radius 3 is 2.90 bits per heavy atom. The van der Waals surface area contributed by atoms with Crippen molar-refractivity contribution in [2.45, 2.75) is 45.6 Å². The van der Waals surface area contributed by atoms with Crippen molar-refractivity contribution in [2.24, 2.45) is 5.92 Å². The van der Waals surface area contributed by atoms with Crippen LogP contribution in [-0.4, -0.2) is 28.6 Å². The van der Waals surface area contributed by atoms with Gasteiger partial charge in [0, 0.05) is 12.5 Å². The molecule has 1 aliphatic rings. The van der Waals surface area contributed by atoms with Crippen molar-refractivity contribution in [3.63, 3.8) is 0 Å². The minimum atomic E-state index is 0.110. The van der Waals surface area contributed by atoms with Crippen molar-refractivity contribution in [3.05, 3.63) is 11.9 Å². The Kier molecular flexibility index (Phi) is 5.15. The van der Waals surface area contributed by atoms with E-state index in [0.29, 0.717) is 19.5 Å². The number of carbonyl (C=O) groups excluding carboxylic acids is 2. The Labute approximate surface area is 118 Å². The van der Waals surface area contributed by atoms with Gasteiger partial charge in [-0.2, -0.15) is 5.10 Å². The van der Waals surface area contributed by atoms with E-state index in [9.17, 15) is 9.59 Å². The fourth-order valence-electron chi connectivity index (χ4n) is 2.62. The molecule has 2 rings (SSSR count). The lowest BCUT2D eigenvalue weighted by molar-refractivity contribution is -0.120. The topological polar surface area (TPSA) is 76.0 Å². The first-order valence-electron chi connectivity index (χ1n) is 7.22. The first-order valence-corrected chi connectivity index (χ1v) is 7.22. The van der Waals surface area contributed by atoms with Gasteiger partial charge in [-0.05, 0) is 19.8 Å². The zero-order valence-corrected chi connectivity index (χ0v) is 11.9. The maximum Gasteiger partial charge on any atom is 0.227 e. The zero-order valence-electron chi connectivity index (χ0n) is 11.9. The molecule has 2 amide bonds. The van der Waals surface area contributed by atoms with E-state index in [4.69, 9.17) is 0 Å². The third kappa shape index (κ3) is 3.59. The lowest BCUT2D eigenvalue weighted by Crippen LogP contribution is -2.25. The standard InChI is InChI=1S/C14H22N4O2/c1-11-13(9-16-18(11)8-7-15-10-19)17-14(20)12-5-3-2-4-6-12/h9-10,12H,2-8H2,1H3,(H,15,19)(H,17,20). The molecule has 0 radical (unpaired) electrons. The Morgan fingerprint density at radius 2 is 2.20 bits per heavy atom. The summed E-state index contributed by atoms with van der Waals surface area (Å²) in [7, 11) is 0. The highest BCUT2D eigenvalue weighted by Crippen LogP contribution is 2.25. The van der Waals surface area contributed by atoms with Crippen LogP contribution in [0, 0.1) is 12.8 Å². The van der Waals surface area contributed by atoms with Crippen molar-refractivity contribution in [2.75, 3.05) is 11.9 Å². The number of hydrogen-bond donors (Lipinski definition) is 2. The molecule has 0 aliphatic heterocycles. The van der Waals surface area contributed by atoms with E-state index in [0.717, 1.165) is 37.1 Å². The molecule has 1 fully saturated rings. The smallest absolute Gasteiger partial charge is 0.227 e. The summed E-state index contributed by atoms with van der Waals surface area (Å²) >= 11 is 0. The summed E-state index contributed by atoms with van der Waals surface area (Å²) in [6.07, 6.45) is 7.86. The van der Waals surface area contributed by atoms with Crippen molar-refractivity contribution >= 4 is 18.0 Å². The molecule has 1 aromatic rings. The molecule has 110 valence electrons. The van der Waals surface area contributed by atoms with Crippen LogP contribution in [-0.2, 0) is 16.1 Å². The van der Waals surface area contributed by atoms with Gasteiger partial charge in [-0.1, -0.05) is 19.3 Å². The van der Waals surface area contributed by atoms with Crippen LogP contribution in [0.3, 0.4) is 0 Å². The third-order valence-corrected chi connectivity index (χ3v) is 3.89. The maximum absolute atomic E-state index is 12.2. The van der Waals surface area contributed by atoms with E-state index in [1.54, 1.807) is 10.9 Å².